The molecular formula is C20H23FN2O3. The van der Waals surface area contributed by atoms with Crippen LogP contribution in [0.4, 0.5) is 4.39 Å². The Hall–Kier alpha value is -2.89. The summed E-state index contributed by atoms with van der Waals surface area (Å²) in [6, 6.07) is 11.2. The molecule has 0 aliphatic heterocycles. The zero-order valence-electron chi connectivity index (χ0n) is 15.0. The molecule has 0 radical (unpaired) electrons. The topological polar surface area (TPSA) is 59.9 Å². The number of carbonyl (C=O) groups excluding carboxylic acids is 1. The Morgan fingerprint density at radius 3 is 2.65 bits per heavy atom. The highest BCUT2D eigenvalue weighted by atomic mass is 19.1. The van der Waals surface area contributed by atoms with Gasteiger partial charge in [-0.2, -0.15) is 5.10 Å². The Bertz CT molecular complexity index is 745. The van der Waals surface area contributed by atoms with E-state index in [9.17, 15) is 9.18 Å². The molecular weight excluding hydrogens is 335 g/mol. The van der Waals surface area contributed by atoms with Gasteiger partial charge in [0.25, 0.3) is 0 Å². The fraction of sp³-hybridized carbons (Fsp3) is 0.300. The second-order valence-corrected chi connectivity index (χ2v) is 5.71. The number of unbranched alkanes of at least 4 members (excludes halogenated alkanes) is 1. The Morgan fingerprint density at radius 2 is 1.96 bits per heavy atom. The van der Waals surface area contributed by atoms with E-state index in [2.05, 4.69) is 17.5 Å². The molecule has 2 rings (SSSR count). The highest BCUT2D eigenvalue weighted by Gasteiger charge is 2.05. The fourth-order valence-electron chi connectivity index (χ4n) is 2.22. The lowest BCUT2D eigenvalue weighted by molar-refractivity contribution is -0.120. The molecule has 0 aliphatic rings. The van der Waals surface area contributed by atoms with Crippen LogP contribution in [0.5, 0.6) is 11.5 Å². The summed E-state index contributed by atoms with van der Waals surface area (Å²) in [4.78, 5) is 11.8. The zero-order chi connectivity index (χ0) is 18.8. The number of rotatable bonds is 9. The minimum Gasteiger partial charge on any atom is -0.493 e. The van der Waals surface area contributed by atoms with Crippen molar-refractivity contribution in [3.05, 3.63) is 59.4 Å². The van der Waals surface area contributed by atoms with Crippen LogP contribution in [0, 0.1) is 5.82 Å². The first-order chi connectivity index (χ1) is 12.6. The maximum atomic E-state index is 12.8. The number of hydrogen-bond donors (Lipinski definition) is 1. The molecule has 0 bridgehead atoms. The van der Waals surface area contributed by atoms with Crippen molar-refractivity contribution in [3.63, 3.8) is 0 Å². The third-order valence-electron chi connectivity index (χ3n) is 3.62. The van der Waals surface area contributed by atoms with Crippen LogP contribution in [0.2, 0.25) is 0 Å². The molecule has 1 N–H and O–H groups in total. The summed E-state index contributed by atoms with van der Waals surface area (Å²) >= 11 is 0. The van der Waals surface area contributed by atoms with E-state index in [1.54, 1.807) is 25.3 Å². The van der Waals surface area contributed by atoms with E-state index < -0.39 is 0 Å². The molecule has 0 saturated carbocycles. The van der Waals surface area contributed by atoms with Gasteiger partial charge >= 0.3 is 0 Å². The molecule has 1 amide bonds. The summed E-state index contributed by atoms with van der Waals surface area (Å²) in [6.07, 6.45) is 3.70. The molecule has 0 spiro atoms. The van der Waals surface area contributed by atoms with Crippen molar-refractivity contribution in [1.82, 2.24) is 5.43 Å². The summed E-state index contributed by atoms with van der Waals surface area (Å²) in [5.74, 6) is 0.684. The monoisotopic (exact) mass is 358 g/mol. The number of ether oxygens (including phenoxy) is 2. The number of benzene rings is 2. The van der Waals surface area contributed by atoms with Crippen molar-refractivity contribution < 1.29 is 18.7 Å². The third kappa shape index (κ3) is 6.20. The van der Waals surface area contributed by atoms with Crippen LogP contribution < -0.4 is 14.9 Å². The smallest absolute Gasteiger partial charge is 0.244 e. The molecule has 0 saturated heterocycles. The summed E-state index contributed by atoms with van der Waals surface area (Å²) in [5.41, 5.74) is 3.94. The SMILES string of the molecule is CCCCOc1ccc(/C=N/NC(=O)Cc2ccc(F)cc2)cc1OC. The molecule has 26 heavy (non-hydrogen) atoms. The highest BCUT2D eigenvalue weighted by molar-refractivity contribution is 5.84. The van der Waals surface area contributed by atoms with Gasteiger partial charge in [0.15, 0.2) is 11.5 Å². The molecule has 0 heterocycles. The zero-order valence-corrected chi connectivity index (χ0v) is 15.0. The van der Waals surface area contributed by atoms with E-state index in [1.807, 2.05) is 12.1 Å². The second-order valence-electron chi connectivity index (χ2n) is 5.71. The van der Waals surface area contributed by atoms with Gasteiger partial charge in [-0.1, -0.05) is 25.5 Å². The molecule has 5 nitrogen and oxygen atoms in total. The van der Waals surface area contributed by atoms with Crippen LogP contribution in [0.15, 0.2) is 47.6 Å². The first kappa shape index (κ1) is 19.4. The average Bonchev–Trinajstić information content (AvgIpc) is 2.64. The van der Waals surface area contributed by atoms with Gasteiger partial charge in [-0.15, -0.1) is 0 Å². The third-order valence-corrected chi connectivity index (χ3v) is 3.62. The predicted molar refractivity (Wildman–Crippen MR) is 99.2 cm³/mol. The number of amides is 1. The molecule has 0 fully saturated rings. The minimum atomic E-state index is -0.330. The number of methoxy groups -OCH3 is 1. The molecule has 0 aromatic heterocycles. The Labute approximate surface area is 152 Å². The van der Waals surface area contributed by atoms with Gasteiger partial charge in [0.1, 0.15) is 5.82 Å². The normalized spacial score (nSPS) is 10.7. The van der Waals surface area contributed by atoms with Crippen molar-refractivity contribution in [1.29, 1.82) is 0 Å². The molecule has 6 heteroatoms. The number of nitrogens with zero attached hydrogens (tertiary/aromatic N) is 1. The summed E-state index contributed by atoms with van der Waals surface area (Å²) in [7, 11) is 1.58. The number of hydrazone groups is 1. The Morgan fingerprint density at radius 1 is 1.19 bits per heavy atom. The molecule has 0 atom stereocenters. The molecule has 0 unspecified atom stereocenters. The van der Waals surface area contributed by atoms with E-state index in [0.29, 0.717) is 23.7 Å². The first-order valence-electron chi connectivity index (χ1n) is 8.49. The number of hydrogen-bond acceptors (Lipinski definition) is 4. The Kier molecular flexibility index (Phi) is 7.61. The van der Waals surface area contributed by atoms with E-state index in [4.69, 9.17) is 9.47 Å². The summed E-state index contributed by atoms with van der Waals surface area (Å²) in [6.45, 7) is 2.74. The molecule has 2 aromatic rings. The van der Waals surface area contributed by atoms with Gasteiger partial charge in [-0.3, -0.25) is 4.79 Å². The van der Waals surface area contributed by atoms with Crippen molar-refractivity contribution in [2.75, 3.05) is 13.7 Å². The summed E-state index contributed by atoms with van der Waals surface area (Å²) < 4.78 is 23.9. The van der Waals surface area contributed by atoms with Gasteiger partial charge in [0, 0.05) is 0 Å². The lowest BCUT2D eigenvalue weighted by Gasteiger charge is -2.10. The van der Waals surface area contributed by atoms with E-state index in [-0.39, 0.29) is 18.1 Å². The number of halogens is 1. The van der Waals surface area contributed by atoms with Crippen LogP contribution in [0.25, 0.3) is 0 Å². The van der Waals surface area contributed by atoms with Crippen molar-refractivity contribution in [2.24, 2.45) is 5.10 Å². The van der Waals surface area contributed by atoms with Gasteiger partial charge in [-0.05, 0) is 47.9 Å². The van der Waals surface area contributed by atoms with Gasteiger partial charge in [0.2, 0.25) is 5.91 Å². The first-order valence-corrected chi connectivity index (χ1v) is 8.49. The Balaban J connectivity index is 1.90. The lowest BCUT2D eigenvalue weighted by Crippen LogP contribution is -2.19. The minimum absolute atomic E-state index is 0.130. The molecule has 0 aliphatic carbocycles. The summed E-state index contributed by atoms with van der Waals surface area (Å²) in [5, 5.41) is 3.94. The van der Waals surface area contributed by atoms with Crippen LogP contribution >= 0.6 is 0 Å². The van der Waals surface area contributed by atoms with Gasteiger partial charge < -0.3 is 9.47 Å². The van der Waals surface area contributed by atoms with Gasteiger partial charge in [0.05, 0.1) is 26.4 Å². The van der Waals surface area contributed by atoms with Crippen molar-refractivity contribution in [2.45, 2.75) is 26.2 Å². The predicted octanol–water partition coefficient (Wildman–Crippen LogP) is 3.71. The standard InChI is InChI=1S/C20H23FN2O3/c1-3-4-11-26-18-10-7-16(12-19(18)25-2)14-22-23-20(24)13-15-5-8-17(21)9-6-15/h5-10,12,14H,3-4,11,13H2,1-2H3,(H,23,24)/b22-14+. The average molecular weight is 358 g/mol. The second kappa shape index (κ2) is 10.2. The molecule has 138 valence electrons. The quantitative estimate of drug-likeness (QED) is 0.422. The van der Waals surface area contributed by atoms with Crippen molar-refractivity contribution in [3.8, 4) is 11.5 Å². The van der Waals surface area contributed by atoms with Crippen LogP contribution in [0.3, 0.4) is 0 Å². The van der Waals surface area contributed by atoms with Crippen molar-refractivity contribution >= 4 is 12.1 Å². The van der Waals surface area contributed by atoms with Crippen LogP contribution in [0.1, 0.15) is 30.9 Å². The van der Waals surface area contributed by atoms with E-state index in [1.165, 1.54) is 18.3 Å². The number of nitrogens with one attached hydrogen (secondary N) is 1. The van der Waals surface area contributed by atoms with E-state index >= 15 is 0 Å². The van der Waals surface area contributed by atoms with Crippen LogP contribution in [-0.4, -0.2) is 25.8 Å². The highest BCUT2D eigenvalue weighted by Crippen LogP contribution is 2.27. The van der Waals surface area contributed by atoms with Crippen LogP contribution in [-0.2, 0) is 11.2 Å². The van der Waals surface area contributed by atoms with Gasteiger partial charge in [-0.25, -0.2) is 9.82 Å². The molecule has 2 aromatic carbocycles. The maximum Gasteiger partial charge on any atom is 0.244 e. The van der Waals surface area contributed by atoms with E-state index in [0.717, 1.165) is 18.4 Å². The largest absolute Gasteiger partial charge is 0.493 e. The number of carbonyl (C=O) groups is 1. The maximum absolute atomic E-state index is 12.8. The fourth-order valence-corrected chi connectivity index (χ4v) is 2.22. The lowest BCUT2D eigenvalue weighted by atomic mass is 10.1.